The zero-order valence-corrected chi connectivity index (χ0v) is 14.5. The first-order valence-electron chi connectivity index (χ1n) is 8.61. The number of furan rings is 1. The van der Waals surface area contributed by atoms with Crippen LogP contribution in [0.3, 0.4) is 0 Å². The molecule has 3 aliphatic rings. The summed E-state index contributed by atoms with van der Waals surface area (Å²) in [6.07, 6.45) is 8.28. The molecule has 0 radical (unpaired) electrons. The second-order valence-corrected chi connectivity index (χ2v) is 7.92. The van der Waals surface area contributed by atoms with Gasteiger partial charge < -0.3 is 13.9 Å². The average molecular weight is 342 g/mol. The molecule has 2 fully saturated rings. The van der Waals surface area contributed by atoms with Gasteiger partial charge >= 0.3 is 11.9 Å². The Morgan fingerprint density at radius 3 is 2.80 bits per heavy atom. The molecule has 3 heterocycles. The molecule has 5 nitrogen and oxygen atoms in total. The number of rotatable bonds is 2. The standard InChI is InChI=1S/C20H22O5/c1-12-14(9-15(25-17(12)21)13-5-8-23-10-13)20(3)7-4-6-19(2)11-24-18(22)16(19)20/h4-6,8,10,14-16H,1,7,9,11H2,2-3H3/t14-,15-,16-,19-,20+/m0/s1. The molecule has 0 unspecified atom stereocenters. The summed E-state index contributed by atoms with van der Waals surface area (Å²) in [4.78, 5) is 25.0. The number of carbonyl (C=O) groups excluding carboxylic acids is 2. The Hall–Kier alpha value is -2.30. The first-order valence-corrected chi connectivity index (χ1v) is 8.61. The summed E-state index contributed by atoms with van der Waals surface area (Å²) in [6.45, 7) is 8.51. The first kappa shape index (κ1) is 16.2. The van der Waals surface area contributed by atoms with Gasteiger partial charge in [-0.05, 0) is 24.3 Å². The Kier molecular flexibility index (Phi) is 3.46. The molecule has 1 aromatic rings. The van der Waals surface area contributed by atoms with E-state index in [9.17, 15) is 9.59 Å². The van der Waals surface area contributed by atoms with Crippen LogP contribution in [0.1, 0.15) is 38.4 Å². The molecular formula is C20H22O5. The number of cyclic esters (lactones) is 2. The van der Waals surface area contributed by atoms with E-state index in [-0.39, 0.29) is 29.3 Å². The average Bonchev–Trinajstić information content (AvgIpc) is 3.19. The molecule has 0 amide bonds. The summed E-state index contributed by atoms with van der Waals surface area (Å²) in [5.74, 6) is -1.02. The van der Waals surface area contributed by atoms with E-state index in [4.69, 9.17) is 13.9 Å². The molecule has 4 rings (SSSR count). The quantitative estimate of drug-likeness (QED) is 0.467. The minimum atomic E-state index is -0.435. The van der Waals surface area contributed by atoms with E-state index >= 15 is 0 Å². The highest BCUT2D eigenvalue weighted by atomic mass is 16.5. The van der Waals surface area contributed by atoms with Crippen molar-refractivity contribution in [2.45, 2.75) is 32.8 Å². The van der Waals surface area contributed by atoms with Crippen molar-refractivity contribution in [3.63, 3.8) is 0 Å². The highest BCUT2D eigenvalue weighted by Crippen LogP contribution is 2.59. The number of allylic oxidation sites excluding steroid dienone is 1. The number of hydrogen-bond donors (Lipinski definition) is 0. The predicted molar refractivity (Wildman–Crippen MR) is 89.2 cm³/mol. The lowest BCUT2D eigenvalue weighted by Crippen LogP contribution is -2.49. The number of ether oxygens (including phenoxy) is 2. The van der Waals surface area contributed by atoms with Crippen molar-refractivity contribution >= 4 is 11.9 Å². The maximum atomic E-state index is 12.6. The van der Waals surface area contributed by atoms with Crippen LogP contribution < -0.4 is 0 Å². The molecule has 0 aromatic carbocycles. The Morgan fingerprint density at radius 2 is 2.08 bits per heavy atom. The van der Waals surface area contributed by atoms with Crippen molar-refractivity contribution in [1.82, 2.24) is 0 Å². The second-order valence-electron chi connectivity index (χ2n) is 7.92. The lowest BCUT2D eigenvalue weighted by atomic mass is 9.53. The van der Waals surface area contributed by atoms with Crippen molar-refractivity contribution in [3.8, 4) is 0 Å². The fraction of sp³-hybridized carbons (Fsp3) is 0.500. The van der Waals surface area contributed by atoms with Gasteiger partial charge in [0.25, 0.3) is 0 Å². The number of esters is 2. The van der Waals surface area contributed by atoms with Crippen LogP contribution in [-0.4, -0.2) is 18.5 Å². The summed E-state index contributed by atoms with van der Waals surface area (Å²) in [6, 6.07) is 1.81. The molecular weight excluding hydrogens is 320 g/mol. The summed E-state index contributed by atoms with van der Waals surface area (Å²) in [5.41, 5.74) is 0.504. The number of fused-ring (bicyclic) bond motifs is 1. The second kappa shape index (κ2) is 5.35. The molecule has 0 spiro atoms. The highest BCUT2D eigenvalue weighted by Gasteiger charge is 2.60. The van der Waals surface area contributed by atoms with Gasteiger partial charge in [-0.2, -0.15) is 0 Å². The monoisotopic (exact) mass is 342 g/mol. The third kappa shape index (κ3) is 2.29. The van der Waals surface area contributed by atoms with Crippen LogP contribution in [0.15, 0.2) is 47.3 Å². The van der Waals surface area contributed by atoms with E-state index in [1.807, 2.05) is 6.92 Å². The molecule has 2 saturated heterocycles. The predicted octanol–water partition coefficient (Wildman–Crippen LogP) is 3.59. The number of hydrogen-bond acceptors (Lipinski definition) is 5. The summed E-state index contributed by atoms with van der Waals surface area (Å²) < 4.78 is 16.1. The molecule has 5 heteroatoms. The molecule has 1 aliphatic carbocycles. The zero-order chi connectivity index (χ0) is 17.8. The SMILES string of the molecule is C=C1C(=O)O[C@H](c2ccoc2)C[C@@H]1[C@@]1(C)CC=C[C@@]2(C)COC(=O)[C@H]12. The molecule has 0 bridgehead atoms. The van der Waals surface area contributed by atoms with Crippen molar-refractivity contribution in [3.05, 3.63) is 48.5 Å². The van der Waals surface area contributed by atoms with E-state index < -0.39 is 11.4 Å². The van der Waals surface area contributed by atoms with Crippen molar-refractivity contribution in [2.75, 3.05) is 6.61 Å². The maximum Gasteiger partial charge on any atom is 0.334 e. The molecule has 2 aliphatic heterocycles. The fourth-order valence-electron chi connectivity index (χ4n) is 4.95. The van der Waals surface area contributed by atoms with Gasteiger partial charge in [-0.3, -0.25) is 4.79 Å². The van der Waals surface area contributed by atoms with Crippen molar-refractivity contribution in [2.24, 2.45) is 22.7 Å². The zero-order valence-electron chi connectivity index (χ0n) is 14.5. The van der Waals surface area contributed by atoms with Gasteiger partial charge in [0.1, 0.15) is 12.7 Å². The summed E-state index contributed by atoms with van der Waals surface area (Å²) >= 11 is 0. The highest BCUT2D eigenvalue weighted by molar-refractivity contribution is 5.90. The third-order valence-corrected chi connectivity index (χ3v) is 6.23. The smallest absolute Gasteiger partial charge is 0.334 e. The normalized spacial score (nSPS) is 40.6. The maximum absolute atomic E-state index is 12.6. The Morgan fingerprint density at radius 1 is 1.28 bits per heavy atom. The van der Waals surface area contributed by atoms with Gasteiger partial charge in [0.15, 0.2) is 0 Å². The summed E-state index contributed by atoms with van der Waals surface area (Å²) in [7, 11) is 0. The third-order valence-electron chi connectivity index (χ3n) is 6.23. The van der Waals surface area contributed by atoms with Crippen LogP contribution in [0.2, 0.25) is 0 Å². The van der Waals surface area contributed by atoms with E-state index in [1.165, 1.54) is 0 Å². The Balaban J connectivity index is 1.73. The van der Waals surface area contributed by atoms with Crippen LogP contribution in [0, 0.1) is 22.7 Å². The summed E-state index contributed by atoms with van der Waals surface area (Å²) in [5, 5.41) is 0. The van der Waals surface area contributed by atoms with E-state index in [0.29, 0.717) is 25.0 Å². The van der Waals surface area contributed by atoms with Gasteiger partial charge in [0.05, 0.1) is 18.4 Å². The lowest BCUT2D eigenvalue weighted by Gasteiger charge is -2.49. The fourth-order valence-corrected chi connectivity index (χ4v) is 4.95. The van der Waals surface area contributed by atoms with Gasteiger partial charge in [0.2, 0.25) is 0 Å². The topological polar surface area (TPSA) is 65.7 Å². The molecule has 5 atom stereocenters. The molecule has 25 heavy (non-hydrogen) atoms. The minimum absolute atomic E-state index is 0.159. The minimum Gasteiger partial charge on any atom is -0.472 e. The van der Waals surface area contributed by atoms with Gasteiger partial charge in [0, 0.05) is 22.5 Å². The molecule has 1 aromatic heterocycles. The lowest BCUT2D eigenvalue weighted by molar-refractivity contribution is -0.157. The van der Waals surface area contributed by atoms with Gasteiger partial charge in [-0.25, -0.2) is 4.79 Å². The Labute approximate surface area is 146 Å². The van der Waals surface area contributed by atoms with Crippen LogP contribution in [-0.2, 0) is 19.1 Å². The van der Waals surface area contributed by atoms with Gasteiger partial charge in [-0.1, -0.05) is 32.6 Å². The van der Waals surface area contributed by atoms with E-state index in [0.717, 1.165) is 5.56 Å². The first-order chi connectivity index (χ1) is 11.8. The van der Waals surface area contributed by atoms with Gasteiger partial charge in [-0.15, -0.1) is 0 Å². The van der Waals surface area contributed by atoms with Crippen LogP contribution in [0.4, 0.5) is 0 Å². The van der Waals surface area contributed by atoms with Crippen molar-refractivity contribution < 1.29 is 23.5 Å². The molecule has 0 N–H and O–H groups in total. The van der Waals surface area contributed by atoms with Crippen molar-refractivity contribution in [1.29, 1.82) is 0 Å². The molecule has 132 valence electrons. The molecule has 0 saturated carbocycles. The van der Waals surface area contributed by atoms with E-state index in [1.54, 1.807) is 18.6 Å². The van der Waals surface area contributed by atoms with Crippen LogP contribution >= 0.6 is 0 Å². The van der Waals surface area contributed by atoms with Crippen LogP contribution in [0.5, 0.6) is 0 Å². The Bertz CT molecular complexity index is 761. The van der Waals surface area contributed by atoms with Crippen LogP contribution in [0.25, 0.3) is 0 Å². The largest absolute Gasteiger partial charge is 0.472 e. The number of carbonyl (C=O) groups is 2. The van der Waals surface area contributed by atoms with E-state index in [2.05, 4.69) is 25.7 Å².